The zero-order valence-corrected chi connectivity index (χ0v) is 40.6. The van der Waals surface area contributed by atoms with Gasteiger partial charge >= 0.3 is 11.9 Å². The van der Waals surface area contributed by atoms with E-state index in [1.165, 1.54) is 141 Å². The van der Waals surface area contributed by atoms with Crippen molar-refractivity contribution in [2.75, 3.05) is 41.0 Å². The number of nitrogens with zero attached hydrogens (tertiary/aromatic N) is 1. The second-order valence-corrected chi connectivity index (χ2v) is 18.4. The summed E-state index contributed by atoms with van der Waals surface area (Å²) in [4.78, 5) is 37.0. The number of allylic oxidation sites excluding steroid dienone is 6. The number of carbonyl (C=O) groups is 3. The summed E-state index contributed by atoms with van der Waals surface area (Å²) in [5.74, 6) is -1.74. The number of carboxylic acid groups (broad SMARTS) is 1. The molecule has 0 aliphatic heterocycles. The molecule has 0 spiro atoms. The average molecular weight is 860 g/mol. The van der Waals surface area contributed by atoms with Crippen molar-refractivity contribution >= 4 is 17.9 Å². The van der Waals surface area contributed by atoms with E-state index in [-0.39, 0.29) is 42.7 Å². The van der Waals surface area contributed by atoms with Gasteiger partial charge in [-0.3, -0.25) is 9.59 Å². The number of carbonyl (C=O) groups excluding carboxylic acids is 3. The quantitative estimate of drug-likeness (QED) is 0.0260. The number of esters is 2. The minimum atomic E-state index is -1.12. The molecule has 0 aliphatic rings. The van der Waals surface area contributed by atoms with E-state index in [0.717, 1.165) is 57.8 Å². The van der Waals surface area contributed by atoms with Crippen LogP contribution in [-0.4, -0.2) is 75.5 Å². The molecule has 0 saturated heterocycles. The Kier molecular flexibility index (Phi) is 42.4. The first-order valence-electron chi connectivity index (χ1n) is 25.5. The van der Waals surface area contributed by atoms with E-state index < -0.39 is 18.1 Å². The van der Waals surface area contributed by atoms with Crippen molar-refractivity contribution in [3.8, 4) is 0 Å². The Balaban J connectivity index is 4.22. The maximum absolute atomic E-state index is 12.8. The van der Waals surface area contributed by atoms with Gasteiger partial charge in [0.05, 0.1) is 40.3 Å². The largest absolute Gasteiger partial charge is 0.544 e. The first-order valence-corrected chi connectivity index (χ1v) is 25.5. The number of quaternary nitrogens is 1. The number of ether oxygens (including phenoxy) is 3. The van der Waals surface area contributed by atoms with Gasteiger partial charge < -0.3 is 28.6 Å². The smallest absolute Gasteiger partial charge is 0.306 e. The molecule has 0 radical (unpaired) electrons. The van der Waals surface area contributed by atoms with Gasteiger partial charge in [0.1, 0.15) is 12.6 Å². The van der Waals surface area contributed by atoms with Crippen molar-refractivity contribution in [3.63, 3.8) is 0 Å². The van der Waals surface area contributed by atoms with Gasteiger partial charge in [0.2, 0.25) is 0 Å². The van der Waals surface area contributed by atoms with Crippen LogP contribution in [0.15, 0.2) is 36.5 Å². The van der Waals surface area contributed by atoms with Crippen LogP contribution in [-0.2, 0) is 28.6 Å². The van der Waals surface area contributed by atoms with Crippen LogP contribution in [0.25, 0.3) is 0 Å². The van der Waals surface area contributed by atoms with Gasteiger partial charge in [0.15, 0.2) is 6.10 Å². The Morgan fingerprint density at radius 3 is 1.28 bits per heavy atom. The number of hydrogen-bond donors (Lipinski definition) is 0. The van der Waals surface area contributed by atoms with Crippen molar-refractivity contribution in [2.24, 2.45) is 0 Å². The molecule has 0 amide bonds. The van der Waals surface area contributed by atoms with Crippen molar-refractivity contribution in [3.05, 3.63) is 36.5 Å². The Morgan fingerprint density at radius 2 is 0.869 bits per heavy atom. The summed E-state index contributed by atoms with van der Waals surface area (Å²) < 4.78 is 17.2. The molecule has 0 saturated carbocycles. The summed E-state index contributed by atoms with van der Waals surface area (Å²) in [6, 6.07) is -0.726. The molecule has 0 aromatic heterocycles. The van der Waals surface area contributed by atoms with Gasteiger partial charge in [0.25, 0.3) is 0 Å². The Labute approximate surface area is 376 Å². The molecule has 356 valence electrons. The minimum absolute atomic E-state index is 0.0392. The Hall–Kier alpha value is -2.45. The molecule has 0 N–H and O–H groups in total. The van der Waals surface area contributed by atoms with Gasteiger partial charge in [-0.2, -0.15) is 0 Å². The lowest BCUT2D eigenvalue weighted by molar-refractivity contribution is -0.889. The van der Waals surface area contributed by atoms with E-state index in [0.29, 0.717) is 12.8 Å². The maximum atomic E-state index is 12.8. The van der Waals surface area contributed by atoms with Gasteiger partial charge in [-0.05, 0) is 70.6 Å². The van der Waals surface area contributed by atoms with Gasteiger partial charge in [0, 0.05) is 19.3 Å². The highest BCUT2D eigenvalue weighted by molar-refractivity contribution is 5.70. The summed E-state index contributed by atoms with van der Waals surface area (Å²) in [5, 5.41) is 11.7. The fourth-order valence-corrected chi connectivity index (χ4v) is 7.51. The molecule has 61 heavy (non-hydrogen) atoms. The highest BCUT2D eigenvalue weighted by Crippen LogP contribution is 2.15. The minimum Gasteiger partial charge on any atom is -0.544 e. The molecule has 0 aliphatic carbocycles. The lowest BCUT2D eigenvalue weighted by Gasteiger charge is -2.34. The highest BCUT2D eigenvalue weighted by Gasteiger charge is 2.25. The molecule has 0 rings (SSSR count). The number of rotatable bonds is 46. The number of likely N-dealkylation sites (N-methyl/N-ethyl adjacent to an activating group) is 1. The van der Waals surface area contributed by atoms with Crippen molar-refractivity contribution in [1.29, 1.82) is 0 Å². The summed E-state index contributed by atoms with van der Waals surface area (Å²) in [6.07, 6.45) is 51.7. The fourth-order valence-electron chi connectivity index (χ4n) is 7.51. The van der Waals surface area contributed by atoms with Crippen molar-refractivity contribution in [1.82, 2.24) is 0 Å². The van der Waals surface area contributed by atoms with Crippen LogP contribution in [0, 0.1) is 0 Å². The van der Waals surface area contributed by atoms with E-state index in [4.69, 9.17) is 14.2 Å². The molecular formula is C53H97NO7. The van der Waals surface area contributed by atoms with Crippen LogP contribution >= 0.6 is 0 Å². The fraction of sp³-hybridized carbons (Fsp3) is 0.830. The second kappa shape index (κ2) is 44.2. The highest BCUT2D eigenvalue weighted by atomic mass is 16.6. The van der Waals surface area contributed by atoms with Crippen LogP contribution in [0.2, 0.25) is 0 Å². The predicted molar refractivity (Wildman–Crippen MR) is 254 cm³/mol. The Morgan fingerprint density at radius 1 is 0.492 bits per heavy atom. The first kappa shape index (κ1) is 58.6. The zero-order valence-electron chi connectivity index (χ0n) is 40.6. The third-order valence-corrected chi connectivity index (χ3v) is 11.5. The van der Waals surface area contributed by atoms with E-state index in [2.05, 4.69) is 50.3 Å². The third-order valence-electron chi connectivity index (χ3n) is 11.5. The van der Waals surface area contributed by atoms with E-state index in [1.807, 2.05) is 0 Å². The van der Waals surface area contributed by atoms with Crippen LogP contribution in [0.5, 0.6) is 0 Å². The molecule has 8 heteroatoms. The summed E-state index contributed by atoms with van der Waals surface area (Å²) in [5.41, 5.74) is 0. The third kappa shape index (κ3) is 42.6. The lowest BCUT2D eigenvalue weighted by Crippen LogP contribution is -2.55. The van der Waals surface area contributed by atoms with Gasteiger partial charge in [-0.25, -0.2) is 0 Å². The van der Waals surface area contributed by atoms with Crippen molar-refractivity contribution in [2.45, 2.75) is 244 Å². The van der Waals surface area contributed by atoms with Gasteiger partial charge in [-0.15, -0.1) is 0 Å². The van der Waals surface area contributed by atoms with E-state index in [9.17, 15) is 19.5 Å². The molecule has 0 bridgehead atoms. The standard InChI is InChI=1S/C53H97NO7/c1-6-8-10-12-14-16-18-20-22-23-24-25-26-27-28-29-30-32-34-36-38-40-42-44-52(56)61-49(47-59-46-45-50(53(57)58)54(3,4)5)48-60-51(55)43-41-39-37-35-33-31-21-19-17-15-13-11-9-7-2/h18-21,23-24,49-50H,6-17,22,25-48H2,1-5H3/b20-18-,21-19-,24-23-. The van der Waals surface area contributed by atoms with E-state index in [1.54, 1.807) is 21.1 Å². The molecule has 2 unspecified atom stereocenters. The van der Waals surface area contributed by atoms with Crippen LogP contribution < -0.4 is 5.11 Å². The molecule has 2 atom stereocenters. The Bertz CT molecular complexity index is 1090. The lowest BCUT2D eigenvalue weighted by atomic mass is 10.0. The molecule has 0 fully saturated rings. The maximum Gasteiger partial charge on any atom is 0.306 e. The van der Waals surface area contributed by atoms with Crippen molar-refractivity contribution < 1.29 is 38.2 Å². The number of carboxylic acids is 1. The summed E-state index contributed by atoms with van der Waals surface area (Å²) >= 11 is 0. The van der Waals surface area contributed by atoms with Crippen LogP contribution in [0.1, 0.15) is 232 Å². The summed E-state index contributed by atoms with van der Waals surface area (Å²) in [6.45, 7) is 4.65. The molecule has 8 nitrogen and oxygen atoms in total. The molecule has 0 aromatic rings. The monoisotopic (exact) mass is 860 g/mol. The zero-order chi connectivity index (χ0) is 44.9. The normalized spacial score (nSPS) is 13.1. The van der Waals surface area contributed by atoms with E-state index >= 15 is 0 Å². The number of aliphatic carboxylic acids is 1. The van der Waals surface area contributed by atoms with Crippen LogP contribution in [0.3, 0.4) is 0 Å². The SMILES string of the molecule is CCCCCCC/C=C\C/C=C\CCCCCCCCCCCCCC(=O)OC(COCCC(C(=O)[O-])[N+](C)(C)C)COC(=O)CCCCCCC/C=C\CCCCCCC. The summed E-state index contributed by atoms with van der Waals surface area (Å²) in [7, 11) is 5.41. The molecule has 0 heterocycles. The van der Waals surface area contributed by atoms with Gasteiger partial charge in [-0.1, -0.05) is 179 Å². The van der Waals surface area contributed by atoms with Crippen LogP contribution in [0.4, 0.5) is 0 Å². The topological polar surface area (TPSA) is 102 Å². The number of hydrogen-bond acceptors (Lipinski definition) is 7. The number of unbranched alkanes of at least 4 members (excludes halogenated alkanes) is 26. The predicted octanol–water partition coefficient (Wildman–Crippen LogP) is 13.3. The first-order chi connectivity index (χ1) is 29.6. The molecular weight excluding hydrogens is 763 g/mol. The second-order valence-electron chi connectivity index (χ2n) is 18.4. The average Bonchev–Trinajstić information content (AvgIpc) is 3.22. The molecule has 0 aromatic carbocycles.